The lowest BCUT2D eigenvalue weighted by Gasteiger charge is -2.34. The summed E-state index contributed by atoms with van der Waals surface area (Å²) in [5.41, 5.74) is 7.60. The van der Waals surface area contributed by atoms with E-state index in [0.29, 0.717) is 12.0 Å². The summed E-state index contributed by atoms with van der Waals surface area (Å²) in [5, 5.41) is 0. The average molecular weight is 249 g/mol. The third-order valence-electron chi connectivity index (χ3n) is 3.94. The van der Waals surface area contributed by atoms with Gasteiger partial charge in [0.1, 0.15) is 0 Å². The van der Waals surface area contributed by atoms with Gasteiger partial charge in [-0.3, -0.25) is 0 Å². The molecule has 0 aliphatic rings. The Kier molecular flexibility index (Phi) is 4.92. The molecule has 0 bridgehead atoms. The molecule has 0 radical (unpaired) electrons. The molecule has 2 heteroatoms. The van der Waals surface area contributed by atoms with E-state index >= 15 is 0 Å². The third-order valence-corrected chi connectivity index (χ3v) is 3.94. The Bertz CT molecular complexity index is 363. The molecular weight excluding hydrogens is 220 g/mol. The van der Waals surface area contributed by atoms with Crippen molar-refractivity contribution in [1.82, 2.24) is 0 Å². The van der Waals surface area contributed by atoms with Gasteiger partial charge in [0, 0.05) is 12.1 Å². The van der Waals surface area contributed by atoms with Crippen LogP contribution in [0.1, 0.15) is 53.0 Å². The lowest BCUT2D eigenvalue weighted by molar-refractivity contribution is -0.694. The standard InChI is InChI=1S/C16H29N2/c1-6-15(2,3)13-16(4,5)14-7-10-18(11-8-14)12-9-17/h7-8,10-11H,6,9,12-13,17H2,1-5H3/q+1. The van der Waals surface area contributed by atoms with Gasteiger partial charge in [0.15, 0.2) is 18.9 Å². The summed E-state index contributed by atoms with van der Waals surface area (Å²) in [5.74, 6) is 0. The van der Waals surface area contributed by atoms with Crippen LogP contribution in [-0.2, 0) is 12.0 Å². The van der Waals surface area contributed by atoms with E-state index in [2.05, 4.69) is 63.7 Å². The molecule has 0 amide bonds. The van der Waals surface area contributed by atoms with Crippen LogP contribution in [0.5, 0.6) is 0 Å². The zero-order valence-electron chi connectivity index (χ0n) is 12.7. The summed E-state index contributed by atoms with van der Waals surface area (Å²) >= 11 is 0. The summed E-state index contributed by atoms with van der Waals surface area (Å²) in [6, 6.07) is 4.47. The Labute approximate surface area is 112 Å². The Morgan fingerprint density at radius 2 is 1.67 bits per heavy atom. The Morgan fingerprint density at radius 1 is 1.11 bits per heavy atom. The first-order valence-electron chi connectivity index (χ1n) is 7.00. The van der Waals surface area contributed by atoms with Crippen LogP contribution < -0.4 is 10.3 Å². The molecule has 0 saturated heterocycles. The molecule has 1 heterocycles. The maximum Gasteiger partial charge on any atom is 0.169 e. The SMILES string of the molecule is CCC(C)(C)CC(C)(C)c1cc[n+](CCN)cc1. The van der Waals surface area contributed by atoms with Gasteiger partial charge in [-0.1, -0.05) is 41.0 Å². The highest BCUT2D eigenvalue weighted by molar-refractivity contribution is 5.19. The van der Waals surface area contributed by atoms with Crippen molar-refractivity contribution in [2.24, 2.45) is 11.1 Å². The maximum atomic E-state index is 5.56. The molecule has 0 aliphatic carbocycles. The minimum atomic E-state index is 0.224. The number of aromatic nitrogens is 1. The number of hydrogen-bond acceptors (Lipinski definition) is 1. The topological polar surface area (TPSA) is 29.9 Å². The van der Waals surface area contributed by atoms with E-state index in [4.69, 9.17) is 5.73 Å². The number of pyridine rings is 1. The van der Waals surface area contributed by atoms with Crippen molar-refractivity contribution in [3.8, 4) is 0 Å². The van der Waals surface area contributed by atoms with Crippen LogP contribution in [0, 0.1) is 5.41 Å². The second-order valence-corrected chi connectivity index (χ2v) is 6.69. The molecule has 2 N–H and O–H groups in total. The first-order chi connectivity index (χ1) is 8.30. The average Bonchev–Trinajstić information content (AvgIpc) is 2.29. The van der Waals surface area contributed by atoms with E-state index in [0.717, 1.165) is 6.54 Å². The lowest BCUT2D eigenvalue weighted by atomic mass is 9.70. The van der Waals surface area contributed by atoms with Crippen molar-refractivity contribution in [2.75, 3.05) is 6.54 Å². The highest BCUT2D eigenvalue weighted by Gasteiger charge is 2.29. The summed E-state index contributed by atoms with van der Waals surface area (Å²) in [6.45, 7) is 13.2. The minimum absolute atomic E-state index is 0.224. The third kappa shape index (κ3) is 4.09. The Hall–Kier alpha value is -0.890. The fourth-order valence-electron chi connectivity index (χ4n) is 2.63. The lowest BCUT2D eigenvalue weighted by Crippen LogP contribution is -2.37. The molecule has 0 aliphatic heterocycles. The van der Waals surface area contributed by atoms with E-state index < -0.39 is 0 Å². The molecule has 0 atom stereocenters. The molecule has 0 fully saturated rings. The van der Waals surface area contributed by atoms with E-state index in [1.54, 1.807) is 0 Å². The molecule has 2 nitrogen and oxygen atoms in total. The predicted molar refractivity (Wildman–Crippen MR) is 77.4 cm³/mol. The molecule has 1 aromatic rings. The van der Waals surface area contributed by atoms with Crippen LogP contribution >= 0.6 is 0 Å². The molecule has 0 saturated carbocycles. The summed E-state index contributed by atoms with van der Waals surface area (Å²) < 4.78 is 2.14. The largest absolute Gasteiger partial charge is 0.325 e. The number of nitrogens with two attached hydrogens (primary N) is 1. The maximum absolute atomic E-state index is 5.56. The van der Waals surface area contributed by atoms with Crippen molar-refractivity contribution < 1.29 is 4.57 Å². The smallest absolute Gasteiger partial charge is 0.169 e. The van der Waals surface area contributed by atoms with E-state index in [1.807, 2.05) is 0 Å². The molecule has 0 spiro atoms. The van der Waals surface area contributed by atoms with Crippen LogP contribution in [0.3, 0.4) is 0 Å². The van der Waals surface area contributed by atoms with Gasteiger partial charge in [-0.2, -0.15) is 0 Å². The fourth-order valence-corrected chi connectivity index (χ4v) is 2.63. The molecule has 0 unspecified atom stereocenters. The minimum Gasteiger partial charge on any atom is -0.325 e. The van der Waals surface area contributed by atoms with Crippen LogP contribution in [0.25, 0.3) is 0 Å². The first kappa shape index (κ1) is 15.2. The molecule has 1 rings (SSSR count). The van der Waals surface area contributed by atoms with Crippen molar-refractivity contribution in [1.29, 1.82) is 0 Å². The van der Waals surface area contributed by atoms with Gasteiger partial charge in [-0.15, -0.1) is 0 Å². The van der Waals surface area contributed by atoms with Crippen LogP contribution in [0.4, 0.5) is 0 Å². The normalized spacial score (nSPS) is 12.8. The summed E-state index contributed by atoms with van der Waals surface area (Å²) in [4.78, 5) is 0. The van der Waals surface area contributed by atoms with Crippen LogP contribution in [-0.4, -0.2) is 6.54 Å². The number of rotatable bonds is 6. The number of nitrogens with zero attached hydrogens (tertiary/aromatic N) is 1. The monoisotopic (exact) mass is 249 g/mol. The van der Waals surface area contributed by atoms with Gasteiger partial charge in [0.2, 0.25) is 0 Å². The van der Waals surface area contributed by atoms with Crippen molar-refractivity contribution >= 4 is 0 Å². The van der Waals surface area contributed by atoms with Crippen molar-refractivity contribution in [3.63, 3.8) is 0 Å². The van der Waals surface area contributed by atoms with Crippen molar-refractivity contribution in [3.05, 3.63) is 30.1 Å². The van der Waals surface area contributed by atoms with E-state index in [1.165, 1.54) is 18.4 Å². The summed E-state index contributed by atoms with van der Waals surface area (Å²) in [7, 11) is 0. The highest BCUT2D eigenvalue weighted by atomic mass is 14.9. The van der Waals surface area contributed by atoms with Crippen LogP contribution in [0.2, 0.25) is 0 Å². The number of hydrogen-bond donors (Lipinski definition) is 1. The van der Waals surface area contributed by atoms with Gasteiger partial charge >= 0.3 is 0 Å². The van der Waals surface area contributed by atoms with E-state index in [-0.39, 0.29) is 5.41 Å². The molecule has 1 aromatic heterocycles. The predicted octanol–water partition coefficient (Wildman–Crippen LogP) is 3.04. The molecule has 102 valence electrons. The zero-order valence-corrected chi connectivity index (χ0v) is 12.7. The van der Waals surface area contributed by atoms with Crippen molar-refractivity contribution in [2.45, 2.75) is 59.4 Å². The second-order valence-electron chi connectivity index (χ2n) is 6.69. The summed E-state index contributed by atoms with van der Waals surface area (Å²) in [6.07, 6.45) is 6.71. The molecular formula is C16H29N2+. The Morgan fingerprint density at radius 3 is 2.11 bits per heavy atom. The van der Waals surface area contributed by atoms with E-state index in [9.17, 15) is 0 Å². The molecule has 18 heavy (non-hydrogen) atoms. The van der Waals surface area contributed by atoms with Gasteiger partial charge in [-0.25, -0.2) is 4.57 Å². The zero-order chi connectivity index (χ0) is 13.8. The van der Waals surface area contributed by atoms with Gasteiger partial charge in [0.05, 0.1) is 6.54 Å². The Balaban J connectivity index is 2.84. The van der Waals surface area contributed by atoms with Gasteiger partial charge < -0.3 is 5.73 Å². The van der Waals surface area contributed by atoms with Crippen LogP contribution in [0.15, 0.2) is 24.5 Å². The van der Waals surface area contributed by atoms with Gasteiger partial charge in [-0.05, 0) is 22.8 Å². The highest BCUT2D eigenvalue weighted by Crippen LogP contribution is 2.37. The first-order valence-corrected chi connectivity index (χ1v) is 7.00. The molecule has 0 aromatic carbocycles. The van der Waals surface area contributed by atoms with Gasteiger partial charge in [0.25, 0.3) is 0 Å². The second kappa shape index (κ2) is 5.83. The quantitative estimate of drug-likeness (QED) is 0.772. The fraction of sp³-hybridized carbons (Fsp3) is 0.688.